The van der Waals surface area contributed by atoms with Crippen LogP contribution in [0.25, 0.3) is 0 Å². The summed E-state index contributed by atoms with van der Waals surface area (Å²) in [4.78, 5) is 0. The lowest BCUT2D eigenvalue weighted by atomic mass is 10.0. The first-order valence-electron chi connectivity index (χ1n) is 6.38. The van der Waals surface area contributed by atoms with Crippen LogP contribution in [0.15, 0.2) is 0 Å². The number of hydrogen-bond donors (Lipinski definition) is 1. The number of nitrogens with one attached hydrogen (secondary N) is 1. The van der Waals surface area contributed by atoms with Crippen LogP contribution in [0.2, 0.25) is 0 Å². The van der Waals surface area contributed by atoms with Gasteiger partial charge in [-0.2, -0.15) is 4.31 Å². The lowest BCUT2D eigenvalue weighted by Gasteiger charge is -2.35. The van der Waals surface area contributed by atoms with E-state index in [0.29, 0.717) is 6.54 Å². The van der Waals surface area contributed by atoms with Gasteiger partial charge in [0.25, 0.3) is 0 Å². The average molecular weight is 264 g/mol. The Bertz CT molecular complexity index is 312. The Hall–Kier alpha value is -0.130. The van der Waals surface area contributed by atoms with Crippen molar-refractivity contribution < 1.29 is 8.42 Å². The molecular weight excluding hydrogens is 236 g/mol. The highest BCUT2D eigenvalue weighted by Crippen LogP contribution is 2.22. The molecule has 0 saturated heterocycles. The van der Waals surface area contributed by atoms with Crippen molar-refractivity contribution in [1.29, 1.82) is 0 Å². The molecule has 4 nitrogen and oxygen atoms in total. The van der Waals surface area contributed by atoms with Gasteiger partial charge in [0, 0.05) is 19.1 Å². The lowest BCUT2D eigenvalue weighted by Crippen LogP contribution is -2.49. The van der Waals surface area contributed by atoms with Crippen molar-refractivity contribution in [3.8, 4) is 0 Å². The third-order valence-corrected chi connectivity index (χ3v) is 5.91. The van der Waals surface area contributed by atoms with E-state index in [9.17, 15) is 8.42 Å². The maximum Gasteiger partial charge on any atom is 0.218 e. The zero-order chi connectivity index (χ0) is 13.7. The van der Waals surface area contributed by atoms with Crippen molar-refractivity contribution in [2.75, 3.05) is 20.1 Å². The summed E-state index contributed by atoms with van der Waals surface area (Å²) in [6, 6.07) is 0. The summed E-state index contributed by atoms with van der Waals surface area (Å²) < 4.78 is 26.1. The maximum atomic E-state index is 12.3. The van der Waals surface area contributed by atoms with Gasteiger partial charge in [0.1, 0.15) is 0 Å². The molecule has 1 N–H and O–H groups in total. The Morgan fingerprint density at radius 2 is 1.82 bits per heavy atom. The van der Waals surface area contributed by atoms with Crippen molar-refractivity contribution in [1.82, 2.24) is 9.62 Å². The quantitative estimate of drug-likeness (QED) is 0.680. The minimum atomic E-state index is -3.22. The molecule has 0 aliphatic carbocycles. The molecule has 0 aliphatic heterocycles. The molecule has 104 valence electrons. The van der Waals surface area contributed by atoms with Gasteiger partial charge in [-0.05, 0) is 40.2 Å². The van der Waals surface area contributed by atoms with Crippen molar-refractivity contribution in [3.63, 3.8) is 0 Å². The van der Waals surface area contributed by atoms with Gasteiger partial charge in [0.05, 0.1) is 5.25 Å². The Morgan fingerprint density at radius 3 is 2.24 bits per heavy atom. The number of nitrogens with zero attached hydrogens (tertiary/aromatic N) is 1. The first kappa shape index (κ1) is 16.9. The van der Waals surface area contributed by atoms with Crippen LogP contribution >= 0.6 is 0 Å². The molecule has 0 spiro atoms. The van der Waals surface area contributed by atoms with Crippen LogP contribution in [0.4, 0.5) is 0 Å². The summed E-state index contributed by atoms with van der Waals surface area (Å²) in [5.41, 5.74) is -0.322. The Labute approximate surface area is 107 Å². The number of sulfonamides is 1. The first-order valence-corrected chi connectivity index (χ1v) is 7.89. The highest BCUT2D eigenvalue weighted by atomic mass is 32.2. The second-order valence-corrected chi connectivity index (χ2v) is 7.58. The molecule has 0 aliphatic rings. The van der Waals surface area contributed by atoms with Gasteiger partial charge in [0.2, 0.25) is 10.0 Å². The van der Waals surface area contributed by atoms with E-state index >= 15 is 0 Å². The van der Waals surface area contributed by atoms with Gasteiger partial charge in [-0.3, -0.25) is 0 Å². The summed E-state index contributed by atoms with van der Waals surface area (Å²) in [7, 11) is -1.54. The van der Waals surface area contributed by atoms with Crippen LogP contribution in [0, 0.1) is 0 Å². The second-order valence-electron chi connectivity index (χ2n) is 5.19. The van der Waals surface area contributed by atoms with Gasteiger partial charge in [-0.1, -0.05) is 13.8 Å². The van der Waals surface area contributed by atoms with Gasteiger partial charge >= 0.3 is 0 Å². The molecule has 0 rings (SSSR count). The minimum absolute atomic E-state index is 0.322. The summed E-state index contributed by atoms with van der Waals surface area (Å²) in [6.07, 6.45) is 1.82. The topological polar surface area (TPSA) is 49.4 Å². The standard InChI is InChI=1S/C12H28N2O2S/c1-7-9-13-10-11(3)17(15,16)14(6)12(4,5)8-2/h11,13H,7-10H2,1-6H3. The molecule has 0 radical (unpaired) electrons. The summed E-state index contributed by atoms with van der Waals surface area (Å²) in [5.74, 6) is 0. The Kier molecular flexibility index (Phi) is 6.66. The number of hydrogen-bond acceptors (Lipinski definition) is 3. The normalized spacial score (nSPS) is 15.2. The lowest BCUT2D eigenvalue weighted by molar-refractivity contribution is 0.254. The van der Waals surface area contributed by atoms with E-state index in [-0.39, 0.29) is 10.8 Å². The van der Waals surface area contributed by atoms with Gasteiger partial charge < -0.3 is 5.32 Å². The zero-order valence-corrected chi connectivity index (χ0v) is 12.9. The van der Waals surface area contributed by atoms with E-state index in [1.54, 1.807) is 14.0 Å². The van der Waals surface area contributed by atoms with Crippen molar-refractivity contribution in [2.45, 2.75) is 58.2 Å². The van der Waals surface area contributed by atoms with E-state index < -0.39 is 10.0 Å². The minimum Gasteiger partial charge on any atom is -0.315 e. The van der Waals surface area contributed by atoms with E-state index in [4.69, 9.17) is 0 Å². The molecule has 1 atom stereocenters. The average Bonchev–Trinajstić information content (AvgIpc) is 2.28. The van der Waals surface area contributed by atoms with Crippen LogP contribution in [-0.2, 0) is 10.0 Å². The monoisotopic (exact) mass is 264 g/mol. The van der Waals surface area contributed by atoms with Crippen LogP contribution < -0.4 is 5.32 Å². The first-order chi connectivity index (χ1) is 7.70. The Morgan fingerprint density at radius 1 is 1.29 bits per heavy atom. The molecule has 0 aromatic heterocycles. The molecule has 0 aromatic carbocycles. The highest BCUT2D eigenvalue weighted by Gasteiger charge is 2.34. The third-order valence-electron chi connectivity index (χ3n) is 3.47. The highest BCUT2D eigenvalue weighted by molar-refractivity contribution is 7.89. The third kappa shape index (κ3) is 4.56. The Balaban J connectivity index is 4.66. The molecular formula is C12H28N2O2S. The molecule has 1 unspecified atom stereocenters. The molecule has 5 heteroatoms. The fraction of sp³-hybridized carbons (Fsp3) is 1.00. The van der Waals surface area contributed by atoms with Gasteiger partial charge in [-0.15, -0.1) is 0 Å². The molecule has 0 bridgehead atoms. The summed E-state index contributed by atoms with van der Waals surface area (Å²) >= 11 is 0. The second kappa shape index (κ2) is 6.71. The number of rotatable bonds is 8. The molecule has 0 saturated carbocycles. The van der Waals surface area contributed by atoms with E-state index in [2.05, 4.69) is 12.2 Å². The van der Waals surface area contributed by atoms with Gasteiger partial charge in [-0.25, -0.2) is 8.42 Å². The maximum absolute atomic E-state index is 12.3. The van der Waals surface area contributed by atoms with Crippen LogP contribution in [0.1, 0.15) is 47.5 Å². The fourth-order valence-corrected chi connectivity index (χ4v) is 3.11. The fourth-order valence-electron chi connectivity index (χ4n) is 1.42. The predicted molar refractivity (Wildman–Crippen MR) is 73.7 cm³/mol. The predicted octanol–water partition coefficient (Wildman–Crippen LogP) is 1.82. The van der Waals surface area contributed by atoms with Crippen molar-refractivity contribution in [3.05, 3.63) is 0 Å². The zero-order valence-electron chi connectivity index (χ0n) is 12.1. The molecule has 0 amide bonds. The largest absolute Gasteiger partial charge is 0.315 e. The van der Waals surface area contributed by atoms with Crippen LogP contribution in [0.3, 0.4) is 0 Å². The van der Waals surface area contributed by atoms with Crippen molar-refractivity contribution >= 4 is 10.0 Å². The summed E-state index contributed by atoms with van der Waals surface area (Å²) in [6.45, 7) is 11.1. The molecule has 0 fully saturated rings. The van der Waals surface area contributed by atoms with E-state index in [0.717, 1.165) is 19.4 Å². The van der Waals surface area contributed by atoms with Crippen molar-refractivity contribution in [2.24, 2.45) is 0 Å². The van der Waals surface area contributed by atoms with E-state index in [1.165, 1.54) is 4.31 Å². The molecule has 0 heterocycles. The molecule has 17 heavy (non-hydrogen) atoms. The van der Waals surface area contributed by atoms with E-state index in [1.807, 2.05) is 20.8 Å². The van der Waals surface area contributed by atoms with Crippen LogP contribution in [-0.4, -0.2) is 43.6 Å². The smallest absolute Gasteiger partial charge is 0.218 e. The van der Waals surface area contributed by atoms with Gasteiger partial charge in [0.15, 0.2) is 0 Å². The van der Waals surface area contributed by atoms with Crippen LogP contribution in [0.5, 0.6) is 0 Å². The molecule has 0 aromatic rings. The summed E-state index contributed by atoms with van der Waals surface area (Å²) in [5, 5.41) is 2.78. The SMILES string of the molecule is CCCNCC(C)S(=O)(=O)N(C)C(C)(C)CC.